The fourth-order valence-corrected chi connectivity index (χ4v) is 3.31. The van der Waals surface area contributed by atoms with Gasteiger partial charge in [-0.15, -0.1) is 0 Å². The molecule has 0 N–H and O–H groups in total. The summed E-state index contributed by atoms with van der Waals surface area (Å²) in [5.74, 6) is -0.579. The summed E-state index contributed by atoms with van der Waals surface area (Å²) in [6.07, 6.45) is -0.330. The van der Waals surface area contributed by atoms with Crippen molar-refractivity contribution in [3.05, 3.63) is 99.7 Å². The molecular formula is C22H20FN3O3. The molecule has 1 unspecified atom stereocenters. The number of morpholine rings is 1. The second-order valence-electron chi connectivity index (χ2n) is 6.86. The van der Waals surface area contributed by atoms with Crippen molar-refractivity contribution in [3.63, 3.8) is 0 Å². The zero-order valence-corrected chi connectivity index (χ0v) is 15.7. The summed E-state index contributed by atoms with van der Waals surface area (Å²) in [5, 5.41) is 4.27. The van der Waals surface area contributed by atoms with Crippen molar-refractivity contribution in [2.45, 2.75) is 12.6 Å². The molecule has 0 spiro atoms. The molecule has 1 saturated heterocycles. The molecule has 6 nitrogen and oxygen atoms in total. The molecular weight excluding hydrogens is 373 g/mol. The smallest absolute Gasteiger partial charge is 0.274 e. The summed E-state index contributed by atoms with van der Waals surface area (Å²) >= 11 is 0. The van der Waals surface area contributed by atoms with E-state index < -0.39 is 0 Å². The van der Waals surface area contributed by atoms with E-state index in [-0.39, 0.29) is 29.1 Å². The molecule has 2 heterocycles. The molecule has 1 atom stereocenters. The molecule has 1 aliphatic rings. The largest absolute Gasteiger partial charge is 0.370 e. The van der Waals surface area contributed by atoms with Crippen molar-refractivity contribution in [1.82, 2.24) is 14.7 Å². The number of hydrogen-bond donors (Lipinski definition) is 0. The van der Waals surface area contributed by atoms with Gasteiger partial charge >= 0.3 is 0 Å². The fraction of sp³-hybridized carbons (Fsp3) is 0.227. The molecule has 1 amide bonds. The molecule has 148 valence electrons. The Labute approximate surface area is 167 Å². The van der Waals surface area contributed by atoms with Crippen LogP contribution in [-0.4, -0.2) is 40.3 Å². The Hall–Kier alpha value is -3.32. The highest BCUT2D eigenvalue weighted by Crippen LogP contribution is 2.23. The minimum atomic E-state index is -0.330. The van der Waals surface area contributed by atoms with Crippen molar-refractivity contribution in [2.24, 2.45) is 0 Å². The average Bonchev–Trinajstić information content (AvgIpc) is 2.76. The van der Waals surface area contributed by atoms with E-state index in [0.29, 0.717) is 26.2 Å². The van der Waals surface area contributed by atoms with Gasteiger partial charge in [0.05, 0.1) is 19.7 Å². The molecule has 2 aromatic carbocycles. The number of aromatic nitrogens is 2. The summed E-state index contributed by atoms with van der Waals surface area (Å²) in [7, 11) is 0. The second kappa shape index (κ2) is 8.36. The highest BCUT2D eigenvalue weighted by molar-refractivity contribution is 5.92. The van der Waals surface area contributed by atoms with Crippen molar-refractivity contribution < 1.29 is 13.9 Å². The summed E-state index contributed by atoms with van der Waals surface area (Å²) in [4.78, 5) is 26.8. The van der Waals surface area contributed by atoms with Crippen molar-refractivity contribution >= 4 is 5.91 Å². The van der Waals surface area contributed by atoms with E-state index in [9.17, 15) is 14.0 Å². The monoisotopic (exact) mass is 393 g/mol. The predicted octanol–water partition coefficient (Wildman–Crippen LogP) is 2.64. The number of amides is 1. The molecule has 0 aliphatic carbocycles. The van der Waals surface area contributed by atoms with Crippen LogP contribution in [0.25, 0.3) is 0 Å². The third-order valence-electron chi connectivity index (χ3n) is 4.86. The van der Waals surface area contributed by atoms with Crippen molar-refractivity contribution in [3.8, 4) is 0 Å². The van der Waals surface area contributed by atoms with Crippen LogP contribution in [0.1, 0.15) is 27.7 Å². The molecule has 0 bridgehead atoms. The van der Waals surface area contributed by atoms with Gasteiger partial charge in [0, 0.05) is 12.6 Å². The first kappa shape index (κ1) is 19.0. The number of benzene rings is 2. The van der Waals surface area contributed by atoms with Gasteiger partial charge in [0.1, 0.15) is 17.6 Å². The van der Waals surface area contributed by atoms with Gasteiger partial charge in [0.15, 0.2) is 0 Å². The lowest BCUT2D eigenvalue weighted by molar-refractivity contribution is -0.0231. The summed E-state index contributed by atoms with van der Waals surface area (Å²) in [6, 6.07) is 18.4. The van der Waals surface area contributed by atoms with Gasteiger partial charge in [0.2, 0.25) is 0 Å². The van der Waals surface area contributed by atoms with E-state index in [1.165, 1.54) is 28.9 Å². The number of carbonyl (C=O) groups excluding carboxylic acids is 1. The third-order valence-corrected chi connectivity index (χ3v) is 4.86. The van der Waals surface area contributed by atoms with Crippen LogP contribution < -0.4 is 5.56 Å². The van der Waals surface area contributed by atoms with Crippen LogP contribution in [0.5, 0.6) is 0 Å². The lowest BCUT2D eigenvalue weighted by Crippen LogP contribution is -2.43. The molecule has 7 heteroatoms. The van der Waals surface area contributed by atoms with Gasteiger partial charge in [-0.05, 0) is 29.3 Å². The first-order valence-electron chi connectivity index (χ1n) is 9.38. The Morgan fingerprint density at radius 2 is 1.83 bits per heavy atom. The highest BCUT2D eigenvalue weighted by Gasteiger charge is 2.27. The van der Waals surface area contributed by atoms with Crippen LogP contribution in [-0.2, 0) is 11.3 Å². The van der Waals surface area contributed by atoms with E-state index in [2.05, 4.69) is 5.10 Å². The van der Waals surface area contributed by atoms with E-state index in [0.717, 1.165) is 11.1 Å². The maximum atomic E-state index is 13.2. The van der Waals surface area contributed by atoms with Crippen LogP contribution in [0.15, 0.2) is 71.5 Å². The number of ether oxygens (including phenoxy) is 1. The number of halogens is 1. The molecule has 1 aliphatic heterocycles. The lowest BCUT2D eigenvalue weighted by atomic mass is 10.1. The first-order chi connectivity index (χ1) is 14.1. The summed E-state index contributed by atoms with van der Waals surface area (Å²) < 4.78 is 20.2. The van der Waals surface area contributed by atoms with Crippen LogP contribution in [0.3, 0.4) is 0 Å². The summed E-state index contributed by atoms with van der Waals surface area (Å²) in [5.41, 5.74) is 1.68. The van der Waals surface area contributed by atoms with Crippen LogP contribution in [0, 0.1) is 5.82 Å². The molecule has 1 aromatic heterocycles. The molecule has 4 rings (SSSR count). The van der Waals surface area contributed by atoms with Crippen molar-refractivity contribution in [2.75, 3.05) is 19.7 Å². The van der Waals surface area contributed by atoms with Gasteiger partial charge in [-0.2, -0.15) is 5.10 Å². The van der Waals surface area contributed by atoms with Gasteiger partial charge in [-0.1, -0.05) is 42.5 Å². The molecule has 3 aromatic rings. The van der Waals surface area contributed by atoms with E-state index in [4.69, 9.17) is 4.74 Å². The van der Waals surface area contributed by atoms with Gasteiger partial charge < -0.3 is 9.64 Å². The Bertz CT molecular complexity index is 1050. The van der Waals surface area contributed by atoms with Gasteiger partial charge in [0.25, 0.3) is 11.5 Å². The van der Waals surface area contributed by atoms with Gasteiger partial charge in [-0.25, -0.2) is 9.07 Å². The number of hydrogen-bond acceptors (Lipinski definition) is 4. The molecule has 29 heavy (non-hydrogen) atoms. The van der Waals surface area contributed by atoms with Crippen LogP contribution >= 0.6 is 0 Å². The SMILES string of the molecule is O=C(c1ccc(=O)n(Cc2ccccc2)n1)N1CCOC(c2ccc(F)cc2)C1. The van der Waals surface area contributed by atoms with Crippen LogP contribution in [0.4, 0.5) is 4.39 Å². The Morgan fingerprint density at radius 3 is 2.59 bits per heavy atom. The zero-order chi connectivity index (χ0) is 20.2. The van der Waals surface area contributed by atoms with Crippen molar-refractivity contribution in [1.29, 1.82) is 0 Å². The molecule has 0 radical (unpaired) electrons. The molecule has 1 fully saturated rings. The Kier molecular flexibility index (Phi) is 5.48. The van der Waals surface area contributed by atoms with Crippen LogP contribution in [0.2, 0.25) is 0 Å². The standard InChI is InChI=1S/C22H20FN3O3/c23-18-8-6-17(7-9-18)20-15-25(12-13-29-20)22(28)19-10-11-21(27)26(24-19)14-16-4-2-1-3-5-16/h1-11,20H,12-15H2. The van der Waals surface area contributed by atoms with Gasteiger partial charge in [-0.3, -0.25) is 9.59 Å². The van der Waals surface area contributed by atoms with E-state index >= 15 is 0 Å². The minimum Gasteiger partial charge on any atom is -0.370 e. The minimum absolute atomic E-state index is 0.209. The number of nitrogens with zero attached hydrogens (tertiary/aromatic N) is 3. The first-order valence-corrected chi connectivity index (χ1v) is 9.38. The normalized spacial score (nSPS) is 16.6. The average molecular weight is 393 g/mol. The number of carbonyl (C=O) groups is 1. The van der Waals surface area contributed by atoms with E-state index in [1.54, 1.807) is 17.0 Å². The summed E-state index contributed by atoms with van der Waals surface area (Å²) in [6.45, 7) is 1.43. The third kappa shape index (κ3) is 4.41. The highest BCUT2D eigenvalue weighted by atomic mass is 19.1. The topological polar surface area (TPSA) is 64.4 Å². The lowest BCUT2D eigenvalue weighted by Gasteiger charge is -2.33. The predicted molar refractivity (Wildman–Crippen MR) is 105 cm³/mol. The zero-order valence-electron chi connectivity index (χ0n) is 15.7. The Morgan fingerprint density at radius 1 is 1.07 bits per heavy atom. The quantitative estimate of drug-likeness (QED) is 0.684. The van der Waals surface area contributed by atoms with E-state index in [1.807, 2.05) is 30.3 Å². The fourth-order valence-electron chi connectivity index (χ4n) is 3.31. The second-order valence-corrected chi connectivity index (χ2v) is 6.86. The number of rotatable bonds is 4. The maximum absolute atomic E-state index is 13.2. The molecule has 0 saturated carbocycles. The maximum Gasteiger partial charge on any atom is 0.274 e. The Balaban J connectivity index is 1.52.